The van der Waals surface area contributed by atoms with Crippen LogP contribution in [0.3, 0.4) is 0 Å². The Labute approximate surface area is 62.9 Å². The quantitative estimate of drug-likeness (QED) is 0.494. The van der Waals surface area contributed by atoms with Crippen LogP contribution >= 0.6 is 7.60 Å². The van der Waals surface area contributed by atoms with Crippen molar-refractivity contribution in [3.8, 4) is 0 Å². The fraction of sp³-hybridized carbons (Fsp3) is 1.00. The summed E-state index contributed by atoms with van der Waals surface area (Å²) in [6, 6.07) is 0. The molecule has 0 aromatic carbocycles. The van der Waals surface area contributed by atoms with Crippen LogP contribution < -0.4 is 5.73 Å². The van der Waals surface area contributed by atoms with E-state index in [2.05, 4.69) is 4.52 Å². The lowest BCUT2D eigenvalue weighted by Gasteiger charge is -2.09. The van der Waals surface area contributed by atoms with E-state index in [1.165, 1.54) is 0 Å². The van der Waals surface area contributed by atoms with Crippen LogP contribution in [0.25, 0.3) is 0 Å². The maximum atomic E-state index is 11.6. The van der Waals surface area contributed by atoms with Crippen LogP contribution in [0.4, 0.5) is 8.78 Å². The number of alkyl halides is 2. The minimum atomic E-state index is -4.68. The van der Waals surface area contributed by atoms with Crippen molar-refractivity contribution in [1.29, 1.82) is 0 Å². The van der Waals surface area contributed by atoms with Gasteiger partial charge in [-0.15, -0.1) is 0 Å². The van der Waals surface area contributed by atoms with E-state index in [1.807, 2.05) is 0 Å². The molecule has 0 aliphatic carbocycles. The Morgan fingerprint density at radius 1 is 1.64 bits per heavy atom. The molecule has 0 rings (SSSR count). The summed E-state index contributed by atoms with van der Waals surface area (Å²) in [5.41, 5.74) is 5.00. The van der Waals surface area contributed by atoms with Crippen LogP contribution in [0.1, 0.15) is 6.42 Å². The number of halogens is 2. The lowest BCUT2D eigenvalue weighted by Crippen LogP contribution is -2.05. The normalized spacial score (nSPS) is 16.8. The van der Waals surface area contributed by atoms with E-state index in [9.17, 15) is 13.3 Å². The Hall–Kier alpha value is -0.0300. The first-order valence-electron chi connectivity index (χ1n) is 2.96. The van der Waals surface area contributed by atoms with Gasteiger partial charge in [-0.2, -0.15) is 8.78 Å². The molecular formula is C4H10F2NO3P. The first-order chi connectivity index (χ1) is 5.00. The molecule has 0 saturated heterocycles. The number of nitrogens with two attached hydrogens (primary N) is 1. The molecule has 4 nitrogen and oxygen atoms in total. The van der Waals surface area contributed by atoms with Gasteiger partial charge in [-0.25, -0.2) is 0 Å². The number of hydrogen-bond acceptors (Lipinski definition) is 3. The van der Waals surface area contributed by atoms with Crippen molar-refractivity contribution >= 4 is 7.60 Å². The third-order valence-electron chi connectivity index (χ3n) is 0.871. The summed E-state index contributed by atoms with van der Waals surface area (Å²) in [5.74, 6) is 0. The van der Waals surface area contributed by atoms with Crippen molar-refractivity contribution in [2.24, 2.45) is 5.73 Å². The molecule has 0 radical (unpaired) electrons. The van der Waals surface area contributed by atoms with E-state index >= 15 is 0 Å². The molecule has 0 heterocycles. The van der Waals surface area contributed by atoms with Gasteiger partial charge in [0, 0.05) is 0 Å². The average Bonchev–Trinajstić information content (AvgIpc) is 1.88. The van der Waals surface area contributed by atoms with Crippen LogP contribution in [0.5, 0.6) is 0 Å². The van der Waals surface area contributed by atoms with Crippen molar-refractivity contribution < 1.29 is 22.8 Å². The topological polar surface area (TPSA) is 72.5 Å². The minimum absolute atomic E-state index is 0.214. The van der Waals surface area contributed by atoms with E-state index < -0.39 is 13.8 Å². The summed E-state index contributed by atoms with van der Waals surface area (Å²) in [7, 11) is -4.68. The summed E-state index contributed by atoms with van der Waals surface area (Å²) in [6.45, 7) is 0.0257. The van der Waals surface area contributed by atoms with E-state index in [0.717, 1.165) is 0 Å². The standard InChI is InChI=1S/C4H10F2NO3P/c5-4(6)11(8,9)10-3-1-2-7/h4H,1-3,7H2,(H,8,9). The fourth-order valence-electron chi connectivity index (χ4n) is 0.335. The molecule has 0 spiro atoms. The highest BCUT2D eigenvalue weighted by Gasteiger charge is 2.32. The van der Waals surface area contributed by atoms with E-state index in [1.54, 1.807) is 0 Å². The van der Waals surface area contributed by atoms with Crippen LogP contribution in [-0.2, 0) is 9.09 Å². The fourth-order valence-corrected chi connectivity index (χ4v) is 0.838. The zero-order chi connectivity index (χ0) is 8.91. The average molecular weight is 189 g/mol. The molecule has 0 bridgehead atoms. The predicted molar refractivity (Wildman–Crippen MR) is 35.5 cm³/mol. The smallest absolute Gasteiger partial charge is 0.330 e. The molecular weight excluding hydrogens is 179 g/mol. The van der Waals surface area contributed by atoms with Crippen molar-refractivity contribution in [1.82, 2.24) is 0 Å². The monoisotopic (exact) mass is 189 g/mol. The van der Waals surface area contributed by atoms with Gasteiger partial charge >= 0.3 is 13.8 Å². The second-order valence-electron chi connectivity index (χ2n) is 1.82. The van der Waals surface area contributed by atoms with E-state index in [0.29, 0.717) is 0 Å². The number of rotatable bonds is 5. The molecule has 3 N–H and O–H groups in total. The van der Waals surface area contributed by atoms with E-state index in [4.69, 9.17) is 10.6 Å². The van der Waals surface area contributed by atoms with Crippen LogP contribution in [0.15, 0.2) is 0 Å². The predicted octanol–water partition coefficient (Wildman–Crippen LogP) is 0.760. The summed E-state index contributed by atoms with van der Waals surface area (Å²) < 4.78 is 37.5. The van der Waals surface area contributed by atoms with Gasteiger partial charge in [0.1, 0.15) is 0 Å². The Morgan fingerprint density at radius 3 is 2.55 bits per heavy atom. The Balaban J connectivity index is 3.65. The molecule has 0 aromatic heterocycles. The highest BCUT2D eigenvalue weighted by Crippen LogP contribution is 2.48. The SMILES string of the molecule is NCCCOP(=O)(O)C(F)F. The molecule has 11 heavy (non-hydrogen) atoms. The van der Waals surface area contributed by atoms with Crippen molar-refractivity contribution in [3.05, 3.63) is 0 Å². The van der Waals surface area contributed by atoms with Crippen molar-refractivity contribution in [2.75, 3.05) is 13.2 Å². The van der Waals surface area contributed by atoms with Crippen LogP contribution in [-0.4, -0.2) is 24.2 Å². The van der Waals surface area contributed by atoms with Gasteiger partial charge in [-0.1, -0.05) is 0 Å². The zero-order valence-corrected chi connectivity index (χ0v) is 6.64. The summed E-state index contributed by atoms with van der Waals surface area (Å²) in [6.07, 6.45) is -3.04. The molecule has 1 unspecified atom stereocenters. The maximum Gasteiger partial charge on any atom is 0.393 e. The molecule has 0 aliphatic rings. The van der Waals surface area contributed by atoms with Gasteiger partial charge in [0.25, 0.3) is 0 Å². The van der Waals surface area contributed by atoms with Gasteiger partial charge in [0.2, 0.25) is 0 Å². The first kappa shape index (κ1) is 11.0. The third-order valence-corrected chi connectivity index (χ3v) is 1.92. The lowest BCUT2D eigenvalue weighted by molar-refractivity contribution is 0.155. The molecule has 0 aliphatic heterocycles. The second-order valence-corrected chi connectivity index (χ2v) is 3.59. The summed E-state index contributed by atoms with van der Waals surface area (Å²) in [5, 5.41) is 0. The van der Waals surface area contributed by atoms with Gasteiger partial charge in [-0.05, 0) is 13.0 Å². The summed E-state index contributed by atoms with van der Waals surface area (Å²) in [4.78, 5) is 8.36. The Kier molecular flexibility index (Phi) is 4.76. The molecule has 1 atom stereocenters. The van der Waals surface area contributed by atoms with Crippen molar-refractivity contribution in [2.45, 2.75) is 12.6 Å². The Morgan fingerprint density at radius 2 is 2.18 bits per heavy atom. The largest absolute Gasteiger partial charge is 0.393 e. The highest BCUT2D eigenvalue weighted by atomic mass is 31.2. The van der Waals surface area contributed by atoms with Gasteiger partial charge < -0.3 is 15.2 Å². The molecule has 0 saturated carbocycles. The first-order valence-corrected chi connectivity index (χ1v) is 4.60. The summed E-state index contributed by atoms with van der Waals surface area (Å²) >= 11 is 0. The molecule has 0 fully saturated rings. The third kappa shape index (κ3) is 4.42. The van der Waals surface area contributed by atoms with Gasteiger partial charge in [-0.3, -0.25) is 4.57 Å². The van der Waals surface area contributed by atoms with Gasteiger partial charge in [0.05, 0.1) is 6.61 Å². The maximum absolute atomic E-state index is 11.6. The zero-order valence-electron chi connectivity index (χ0n) is 5.74. The van der Waals surface area contributed by atoms with Crippen molar-refractivity contribution in [3.63, 3.8) is 0 Å². The molecule has 7 heteroatoms. The highest BCUT2D eigenvalue weighted by molar-refractivity contribution is 7.53. The minimum Gasteiger partial charge on any atom is -0.330 e. The Bertz CT molecular complexity index is 154. The molecule has 68 valence electrons. The van der Waals surface area contributed by atoms with Gasteiger partial charge in [0.15, 0.2) is 0 Å². The second kappa shape index (κ2) is 4.77. The van der Waals surface area contributed by atoms with E-state index in [-0.39, 0.29) is 19.6 Å². The number of hydrogen-bond donors (Lipinski definition) is 2. The lowest BCUT2D eigenvalue weighted by atomic mass is 10.5. The van der Waals surface area contributed by atoms with Crippen LogP contribution in [0.2, 0.25) is 0 Å². The molecule has 0 aromatic rings. The molecule has 0 amide bonds. The van der Waals surface area contributed by atoms with Crippen LogP contribution in [0, 0.1) is 0 Å².